The van der Waals surface area contributed by atoms with Gasteiger partial charge >= 0.3 is 22.4 Å². The summed E-state index contributed by atoms with van der Waals surface area (Å²) in [5, 5.41) is 18.5. The summed E-state index contributed by atoms with van der Waals surface area (Å²) in [5.74, 6) is -0.348. The van der Waals surface area contributed by atoms with Gasteiger partial charge in [0.15, 0.2) is 6.61 Å². The van der Waals surface area contributed by atoms with Crippen LogP contribution in [-0.2, 0) is 22.0 Å². The zero-order chi connectivity index (χ0) is 25.1. The Morgan fingerprint density at radius 1 is 1.35 bits per heavy atom. The van der Waals surface area contributed by atoms with Crippen LogP contribution in [0.4, 0.5) is 29.3 Å². The molecule has 0 atom stereocenters. The molecule has 0 spiro atoms. The second-order valence-corrected chi connectivity index (χ2v) is 9.31. The smallest absolute Gasteiger partial charge is 0.422 e. The molecule has 0 bridgehead atoms. The van der Waals surface area contributed by atoms with Gasteiger partial charge in [-0.1, -0.05) is 11.6 Å². The molecule has 2 aromatic rings. The molecule has 16 heteroatoms. The van der Waals surface area contributed by atoms with Gasteiger partial charge < -0.3 is 20.0 Å². The Bertz CT molecular complexity index is 1120. The Labute approximate surface area is 197 Å². The predicted octanol–water partition coefficient (Wildman–Crippen LogP) is 3.28. The molecule has 188 valence electrons. The normalized spacial score (nSPS) is 15.1. The number of nitrogens with one attached hydrogen (secondary N) is 1. The van der Waals surface area contributed by atoms with Gasteiger partial charge in [0.2, 0.25) is 0 Å². The van der Waals surface area contributed by atoms with Crippen molar-refractivity contribution in [2.24, 2.45) is 7.05 Å². The molecule has 1 aromatic carbocycles. The van der Waals surface area contributed by atoms with Crippen molar-refractivity contribution in [3.63, 3.8) is 0 Å². The molecule has 0 radical (unpaired) electrons. The van der Waals surface area contributed by atoms with Gasteiger partial charge in [-0.25, -0.2) is 9.10 Å². The van der Waals surface area contributed by atoms with E-state index in [2.05, 4.69) is 9.84 Å². The van der Waals surface area contributed by atoms with E-state index in [1.165, 1.54) is 17.1 Å². The van der Waals surface area contributed by atoms with Crippen molar-refractivity contribution in [3.05, 3.63) is 40.8 Å². The Kier molecular flexibility index (Phi) is 7.80. The molecule has 2 amide bonds. The van der Waals surface area contributed by atoms with Crippen molar-refractivity contribution in [1.29, 1.82) is 0 Å². The van der Waals surface area contributed by atoms with Crippen LogP contribution in [0, 0.1) is 5.21 Å². The average molecular weight is 527 g/mol. The second-order valence-electron chi connectivity index (χ2n) is 7.26. The minimum Gasteiger partial charge on any atom is -0.740 e. The number of anilines is 2. The van der Waals surface area contributed by atoms with Crippen LogP contribution in [0.5, 0.6) is 5.75 Å². The van der Waals surface area contributed by atoms with E-state index in [0.29, 0.717) is 0 Å². The largest absolute Gasteiger partial charge is 0.740 e. The van der Waals surface area contributed by atoms with Gasteiger partial charge in [-0.2, -0.15) is 26.7 Å². The first-order valence-corrected chi connectivity index (χ1v) is 11.5. The van der Waals surface area contributed by atoms with Crippen molar-refractivity contribution in [1.82, 2.24) is 14.2 Å². The predicted molar refractivity (Wildman–Crippen MR) is 116 cm³/mol. The van der Waals surface area contributed by atoms with Gasteiger partial charge in [-0.15, -0.1) is 0 Å². The molecule has 34 heavy (non-hydrogen) atoms. The minimum absolute atomic E-state index is 0.0774. The number of rotatable bonds is 7. The number of nitrogens with zero attached hydrogens (tertiary/aromatic N) is 4. The Morgan fingerprint density at radius 2 is 2.03 bits per heavy atom. The Balaban J connectivity index is 1.82. The van der Waals surface area contributed by atoms with E-state index >= 15 is 0 Å². The number of alkyl halides is 3. The van der Waals surface area contributed by atoms with Crippen LogP contribution < -0.4 is 14.4 Å². The van der Waals surface area contributed by atoms with Gasteiger partial charge in [0.1, 0.15) is 5.75 Å². The maximum Gasteiger partial charge on any atom is 0.422 e. The fourth-order valence-electron chi connectivity index (χ4n) is 3.21. The highest BCUT2D eigenvalue weighted by Gasteiger charge is 2.35. The van der Waals surface area contributed by atoms with E-state index in [9.17, 15) is 31.6 Å². The maximum atomic E-state index is 13.1. The number of benzene rings is 1. The summed E-state index contributed by atoms with van der Waals surface area (Å²) in [4.78, 5) is 12.5. The maximum absolute atomic E-state index is 13.1. The van der Waals surface area contributed by atoms with Crippen LogP contribution in [0.1, 0.15) is 12.8 Å². The van der Waals surface area contributed by atoms with Gasteiger partial charge in [0.25, 0.3) is 0 Å². The number of aryl methyl sites for hydroxylation is 1. The molecule has 1 aliphatic heterocycles. The molecule has 0 saturated carbocycles. The number of aromatic nitrogens is 2. The van der Waals surface area contributed by atoms with E-state index in [0.717, 1.165) is 22.5 Å². The first-order valence-electron chi connectivity index (χ1n) is 9.76. The van der Waals surface area contributed by atoms with Crippen LogP contribution in [0.25, 0.3) is 0 Å². The number of halogens is 4. The zero-order valence-electron chi connectivity index (χ0n) is 17.7. The highest BCUT2D eigenvalue weighted by molar-refractivity contribution is 7.91. The van der Waals surface area contributed by atoms with Gasteiger partial charge in [0, 0.05) is 43.2 Å². The Hall–Kier alpha value is -2.75. The number of carbonyl (C=O) groups is 1. The summed E-state index contributed by atoms with van der Waals surface area (Å²) >= 11 is 5.84. The molecule has 1 fully saturated rings. The summed E-state index contributed by atoms with van der Waals surface area (Å²) in [6.07, 6.45) is -1.46. The Morgan fingerprint density at radius 3 is 2.62 bits per heavy atom. The third kappa shape index (κ3) is 6.43. The second kappa shape index (κ2) is 10.2. The number of amides is 2. The molecular formula is C18H20ClF3N5O6S-. The van der Waals surface area contributed by atoms with Gasteiger partial charge in [-0.05, 0) is 25.0 Å². The topological polar surface area (TPSA) is 129 Å². The molecular weight excluding hydrogens is 507 g/mol. The molecule has 3 rings (SSSR count). The van der Waals surface area contributed by atoms with E-state index in [4.69, 9.17) is 16.3 Å². The summed E-state index contributed by atoms with van der Waals surface area (Å²) in [5.41, 5.74) is -0.168. The number of hydroxylamine groups is 1. The van der Waals surface area contributed by atoms with Crippen LogP contribution in [0.2, 0.25) is 5.02 Å². The fourth-order valence-corrected chi connectivity index (χ4v) is 4.80. The number of hydrogen-bond donors (Lipinski definition) is 1. The molecule has 11 nitrogen and oxygen atoms in total. The summed E-state index contributed by atoms with van der Waals surface area (Å²) < 4.78 is 74.7. The van der Waals surface area contributed by atoms with E-state index in [1.807, 2.05) is 5.32 Å². The monoisotopic (exact) mass is 526 g/mol. The van der Waals surface area contributed by atoms with Crippen molar-refractivity contribution >= 4 is 39.2 Å². The first kappa shape index (κ1) is 25.9. The highest BCUT2D eigenvalue weighted by atomic mass is 35.5. The lowest BCUT2D eigenvalue weighted by molar-refractivity contribution is -0.153. The lowest BCUT2D eigenvalue weighted by Crippen LogP contribution is -2.51. The number of hydrogen-bond acceptors (Lipinski definition) is 7. The fraction of sp³-hybridized carbons (Fsp3) is 0.444. The van der Waals surface area contributed by atoms with Gasteiger partial charge in [0.05, 0.1) is 17.9 Å². The van der Waals surface area contributed by atoms with E-state index in [-0.39, 0.29) is 48.2 Å². The molecule has 0 unspecified atom stereocenters. The SMILES string of the molecule is Cn1cc(N(C2CCOCC2)S(=O)(=O)N([O-])C(=O)Nc2cc(Cl)cc(OCC(F)(F)F)c2)cn1. The summed E-state index contributed by atoms with van der Waals surface area (Å²) in [6.45, 7) is -1.11. The molecule has 0 aliphatic carbocycles. The quantitative estimate of drug-likeness (QED) is 0.548. The summed E-state index contributed by atoms with van der Waals surface area (Å²) in [7, 11) is -3.38. The summed E-state index contributed by atoms with van der Waals surface area (Å²) in [6, 6.07) is 0.861. The zero-order valence-corrected chi connectivity index (χ0v) is 19.2. The van der Waals surface area contributed by atoms with Crippen molar-refractivity contribution < 1.29 is 35.9 Å². The molecule has 1 N–H and O–H groups in total. The molecule has 2 heterocycles. The third-order valence-electron chi connectivity index (χ3n) is 4.62. The van der Waals surface area contributed by atoms with Crippen molar-refractivity contribution in [2.45, 2.75) is 25.1 Å². The van der Waals surface area contributed by atoms with Crippen molar-refractivity contribution in [3.8, 4) is 5.75 Å². The molecule has 1 aromatic heterocycles. The average Bonchev–Trinajstić information content (AvgIpc) is 3.17. The van der Waals surface area contributed by atoms with Gasteiger partial charge in [-0.3, -0.25) is 9.15 Å². The number of carbonyl (C=O) groups excluding carboxylic acids is 1. The lowest BCUT2D eigenvalue weighted by Gasteiger charge is -2.39. The first-order chi connectivity index (χ1) is 15.9. The third-order valence-corrected chi connectivity index (χ3v) is 6.43. The van der Waals surface area contributed by atoms with Crippen LogP contribution in [0.15, 0.2) is 30.6 Å². The number of urea groups is 1. The van der Waals surface area contributed by atoms with E-state index < -0.39 is 39.5 Å². The minimum atomic E-state index is -4.93. The van der Waals surface area contributed by atoms with Crippen LogP contribution in [0.3, 0.4) is 0 Å². The number of ether oxygens (including phenoxy) is 2. The molecule has 1 aliphatic rings. The van der Waals surface area contributed by atoms with Crippen LogP contribution in [-0.4, -0.2) is 60.7 Å². The van der Waals surface area contributed by atoms with Crippen molar-refractivity contribution in [2.75, 3.05) is 29.4 Å². The molecule has 1 saturated heterocycles. The highest BCUT2D eigenvalue weighted by Crippen LogP contribution is 2.29. The van der Waals surface area contributed by atoms with E-state index in [1.54, 1.807) is 7.05 Å². The van der Waals surface area contributed by atoms with Crippen LogP contribution >= 0.6 is 11.6 Å². The lowest BCUT2D eigenvalue weighted by atomic mass is 10.1. The standard InChI is InChI=1S/C18H20ClF3N5O6S/c1-25-10-15(9-23-25)26(14-2-4-32-5-3-14)34(30,31)27(29)17(28)24-13-6-12(19)7-16(8-13)33-11-18(20,21)22/h6-10,14H,2-5,11H2,1H3,(H,24,28)/q-1.